The van der Waals surface area contributed by atoms with Gasteiger partial charge in [-0.1, -0.05) is 115 Å². The van der Waals surface area contributed by atoms with E-state index in [0.717, 1.165) is 58.8 Å². The van der Waals surface area contributed by atoms with Crippen LogP contribution in [0.1, 0.15) is 40.0 Å². The molecule has 2 unspecified atom stereocenters. The molecule has 2 heterocycles. The number of fused-ring (bicyclic) bond motifs is 5. The van der Waals surface area contributed by atoms with Gasteiger partial charge in [0, 0.05) is 34.4 Å². The molecule has 1 aromatic heterocycles. The summed E-state index contributed by atoms with van der Waals surface area (Å²) in [7, 11) is 0. The number of allylic oxidation sites excluding steroid dienone is 1. The summed E-state index contributed by atoms with van der Waals surface area (Å²) < 4.78 is 6.31. The molecule has 2 atom stereocenters. The summed E-state index contributed by atoms with van der Waals surface area (Å²) in [4.78, 5) is 10.5. The van der Waals surface area contributed by atoms with Crippen LogP contribution in [0.15, 0.2) is 136 Å². The predicted molar refractivity (Wildman–Crippen MR) is 186 cm³/mol. The smallest absolute Gasteiger partial charge is 0.151 e. The Kier molecular flexibility index (Phi) is 6.12. The van der Waals surface area contributed by atoms with Crippen LogP contribution in [-0.4, -0.2) is 17.8 Å². The molecular formula is C41H31N3O. The fourth-order valence-corrected chi connectivity index (χ4v) is 6.88. The van der Waals surface area contributed by atoms with Crippen molar-refractivity contribution in [3.63, 3.8) is 0 Å². The maximum absolute atomic E-state index is 6.31. The molecule has 2 aliphatic carbocycles. The molecule has 6 aromatic rings. The van der Waals surface area contributed by atoms with Gasteiger partial charge in [0.1, 0.15) is 23.0 Å². The third kappa shape index (κ3) is 4.70. The Labute approximate surface area is 262 Å². The standard InChI is InChI=1S/C41H31N3O/c1-3-9-30-23-32(19-15-26(30)7-1)28-13-17-29(18-14-28)39-42-40(33-20-16-27-8-2-4-10-31(27)24-33)44-41(43-39)34-21-22-36-35-11-5-6-12-37(35)45-38(36)25-34/h1-3,5-9,11-24,34,41H,4,10,25H2,(H,42,43,44). The quantitative estimate of drug-likeness (QED) is 0.226. The lowest BCUT2D eigenvalue weighted by Crippen LogP contribution is -2.39. The van der Waals surface area contributed by atoms with Crippen molar-refractivity contribution in [2.75, 3.05) is 0 Å². The van der Waals surface area contributed by atoms with Gasteiger partial charge in [-0.25, -0.2) is 9.98 Å². The van der Waals surface area contributed by atoms with Crippen molar-refractivity contribution in [3.05, 3.63) is 155 Å². The minimum Gasteiger partial charge on any atom is -0.460 e. The number of nitrogens with one attached hydrogen (secondary N) is 1. The Hall–Kier alpha value is -5.48. The zero-order valence-corrected chi connectivity index (χ0v) is 24.8. The molecule has 3 aliphatic rings. The van der Waals surface area contributed by atoms with Crippen LogP contribution in [-0.2, 0) is 12.8 Å². The van der Waals surface area contributed by atoms with E-state index in [1.807, 2.05) is 12.1 Å². The monoisotopic (exact) mass is 581 g/mol. The maximum Gasteiger partial charge on any atom is 0.151 e. The van der Waals surface area contributed by atoms with E-state index in [9.17, 15) is 0 Å². The first-order chi connectivity index (χ1) is 22.2. The lowest BCUT2D eigenvalue weighted by atomic mass is 9.91. The van der Waals surface area contributed by atoms with Crippen LogP contribution < -0.4 is 5.32 Å². The largest absolute Gasteiger partial charge is 0.460 e. The number of nitrogens with zero attached hydrogens (tertiary/aromatic N) is 2. The molecule has 5 aromatic carbocycles. The summed E-state index contributed by atoms with van der Waals surface area (Å²) in [5, 5.41) is 7.28. The van der Waals surface area contributed by atoms with Crippen molar-refractivity contribution >= 4 is 45.6 Å². The first kappa shape index (κ1) is 26.0. The van der Waals surface area contributed by atoms with E-state index in [1.54, 1.807) is 0 Å². The lowest BCUT2D eigenvalue weighted by molar-refractivity contribution is 0.449. The van der Waals surface area contributed by atoms with Crippen molar-refractivity contribution < 1.29 is 4.42 Å². The van der Waals surface area contributed by atoms with Crippen LogP contribution in [0.25, 0.3) is 45.0 Å². The Morgan fingerprint density at radius 1 is 0.667 bits per heavy atom. The fourth-order valence-electron chi connectivity index (χ4n) is 6.88. The van der Waals surface area contributed by atoms with E-state index in [-0.39, 0.29) is 12.1 Å². The van der Waals surface area contributed by atoms with Gasteiger partial charge in [0.05, 0.1) is 0 Å². The van der Waals surface area contributed by atoms with Crippen molar-refractivity contribution in [3.8, 4) is 11.1 Å². The van der Waals surface area contributed by atoms with E-state index < -0.39 is 0 Å². The van der Waals surface area contributed by atoms with Gasteiger partial charge in [-0.15, -0.1) is 0 Å². The SMILES string of the molecule is C1=Cc2ccc(C3=NC(C4C=Cc5c(oc6ccccc56)C4)N=C(c4ccc(-c5ccc6ccccc6c5)cc4)N3)cc2CC1. The summed E-state index contributed by atoms with van der Waals surface area (Å²) in [6.07, 6.45) is 11.6. The van der Waals surface area contributed by atoms with Gasteiger partial charge in [0.15, 0.2) is 6.17 Å². The van der Waals surface area contributed by atoms with E-state index >= 15 is 0 Å². The van der Waals surface area contributed by atoms with Gasteiger partial charge in [-0.05, 0) is 64.1 Å². The summed E-state index contributed by atoms with van der Waals surface area (Å²) in [6.45, 7) is 0. The topological polar surface area (TPSA) is 49.9 Å². The van der Waals surface area contributed by atoms with Crippen LogP contribution in [0.4, 0.5) is 0 Å². The van der Waals surface area contributed by atoms with Gasteiger partial charge >= 0.3 is 0 Å². The number of benzene rings is 5. The van der Waals surface area contributed by atoms with Crippen LogP contribution >= 0.6 is 0 Å². The van der Waals surface area contributed by atoms with Crippen molar-refractivity contribution in [2.45, 2.75) is 25.4 Å². The number of hydrogen-bond acceptors (Lipinski definition) is 4. The molecule has 45 heavy (non-hydrogen) atoms. The fraction of sp³-hybridized carbons (Fsp3) is 0.122. The zero-order valence-electron chi connectivity index (χ0n) is 24.8. The summed E-state index contributed by atoms with van der Waals surface area (Å²) in [5.74, 6) is 2.81. The molecule has 9 rings (SSSR count). The molecule has 216 valence electrons. The minimum absolute atomic E-state index is 0.0857. The average molecular weight is 582 g/mol. The van der Waals surface area contributed by atoms with Crippen LogP contribution in [0, 0.1) is 5.92 Å². The lowest BCUT2D eigenvalue weighted by Gasteiger charge is -2.27. The van der Waals surface area contributed by atoms with Gasteiger partial charge in [-0.3, -0.25) is 0 Å². The van der Waals surface area contributed by atoms with Crippen molar-refractivity contribution in [1.82, 2.24) is 5.32 Å². The third-order valence-electron chi connectivity index (χ3n) is 9.32. The first-order valence-electron chi connectivity index (χ1n) is 15.8. The van der Waals surface area contributed by atoms with Crippen LogP contribution in [0.5, 0.6) is 0 Å². The summed E-state index contributed by atoms with van der Waals surface area (Å²) >= 11 is 0. The second-order valence-electron chi connectivity index (χ2n) is 12.2. The summed E-state index contributed by atoms with van der Waals surface area (Å²) in [6, 6.07) is 38.8. The molecule has 0 spiro atoms. The van der Waals surface area contributed by atoms with E-state index in [4.69, 9.17) is 14.4 Å². The molecular weight excluding hydrogens is 550 g/mol. The highest BCUT2D eigenvalue weighted by molar-refractivity contribution is 6.16. The highest BCUT2D eigenvalue weighted by Gasteiger charge is 2.30. The minimum atomic E-state index is -0.273. The third-order valence-corrected chi connectivity index (χ3v) is 9.32. The number of aliphatic imine (C=N–C) groups is 2. The number of rotatable bonds is 4. The normalized spacial score (nSPS) is 18.7. The molecule has 0 saturated heterocycles. The highest BCUT2D eigenvalue weighted by atomic mass is 16.3. The molecule has 1 aliphatic heterocycles. The molecule has 4 nitrogen and oxygen atoms in total. The highest BCUT2D eigenvalue weighted by Crippen LogP contribution is 2.35. The number of furan rings is 1. The zero-order chi connectivity index (χ0) is 29.7. The Balaban J connectivity index is 1.07. The van der Waals surface area contributed by atoms with Crippen molar-refractivity contribution in [1.29, 1.82) is 0 Å². The number of para-hydroxylation sites is 1. The van der Waals surface area contributed by atoms with E-state index in [1.165, 1.54) is 38.6 Å². The molecule has 4 heteroatoms. The van der Waals surface area contributed by atoms with Gasteiger partial charge < -0.3 is 9.73 Å². The molecule has 0 amide bonds. The second kappa shape index (κ2) is 10.6. The molecule has 0 fully saturated rings. The Morgan fingerprint density at radius 3 is 2.33 bits per heavy atom. The molecule has 0 radical (unpaired) electrons. The van der Waals surface area contributed by atoms with E-state index in [2.05, 4.69) is 127 Å². The first-order valence-corrected chi connectivity index (χ1v) is 15.8. The van der Waals surface area contributed by atoms with Gasteiger partial charge in [0.2, 0.25) is 0 Å². The van der Waals surface area contributed by atoms with Crippen LogP contribution in [0.3, 0.4) is 0 Å². The number of aryl methyl sites for hydroxylation is 1. The Morgan fingerprint density at radius 2 is 1.42 bits per heavy atom. The Bertz CT molecular complexity index is 2230. The predicted octanol–water partition coefficient (Wildman–Crippen LogP) is 9.22. The van der Waals surface area contributed by atoms with E-state index in [0.29, 0.717) is 0 Å². The summed E-state index contributed by atoms with van der Waals surface area (Å²) in [5.41, 5.74) is 9.30. The second-order valence-corrected chi connectivity index (χ2v) is 12.2. The maximum atomic E-state index is 6.31. The average Bonchev–Trinajstić information content (AvgIpc) is 3.49. The molecule has 0 bridgehead atoms. The van der Waals surface area contributed by atoms with Crippen LogP contribution in [0.2, 0.25) is 0 Å². The number of hydrogen-bond donors (Lipinski definition) is 1. The van der Waals surface area contributed by atoms with Gasteiger partial charge in [-0.2, -0.15) is 0 Å². The van der Waals surface area contributed by atoms with Gasteiger partial charge in [0.25, 0.3) is 0 Å². The molecule has 0 saturated carbocycles. The number of amidine groups is 2. The molecule has 1 N–H and O–H groups in total. The van der Waals surface area contributed by atoms with Crippen molar-refractivity contribution in [2.24, 2.45) is 15.9 Å².